The van der Waals surface area contributed by atoms with E-state index in [1.807, 2.05) is 0 Å². The molecule has 0 nitrogen and oxygen atoms in total. The van der Waals surface area contributed by atoms with Gasteiger partial charge >= 0.3 is 0 Å². The molecule has 124 valence electrons. The standard InChI is InChI=1S/C20H20Si.2ClH.Zr/c1-21(2,19-13-11-15-7-3-5-9-17(15)19)20-14-12-16-8-4-6-10-18(16)20;;;/h3-14,19-20H,1-2H3;2*1H;. The summed E-state index contributed by atoms with van der Waals surface area (Å²) in [5.41, 5.74) is 7.14. The van der Waals surface area contributed by atoms with Crippen LogP contribution in [0, 0.1) is 0 Å². The predicted octanol–water partition coefficient (Wildman–Crippen LogP) is 6.24. The van der Waals surface area contributed by atoms with Crippen LogP contribution < -0.4 is 0 Å². The van der Waals surface area contributed by atoms with Gasteiger partial charge in [-0.1, -0.05) is 85.9 Å². The molecular weight excluding hydrogens is 430 g/mol. The summed E-state index contributed by atoms with van der Waals surface area (Å²) >= 11 is 0. The fraction of sp³-hybridized carbons (Fsp3) is 0.200. The zero-order valence-corrected chi connectivity index (χ0v) is 19.0. The van der Waals surface area contributed by atoms with Gasteiger partial charge in [0.25, 0.3) is 0 Å². The molecule has 0 radical (unpaired) electrons. The maximum absolute atomic E-state index is 2.54. The van der Waals surface area contributed by atoms with E-state index in [9.17, 15) is 0 Å². The van der Waals surface area contributed by atoms with Gasteiger partial charge in [-0.2, -0.15) is 0 Å². The van der Waals surface area contributed by atoms with Crippen LogP contribution in [-0.2, 0) is 26.2 Å². The minimum absolute atomic E-state index is 0. The average Bonchev–Trinajstić information content (AvgIpc) is 3.12. The molecule has 0 spiro atoms. The quantitative estimate of drug-likeness (QED) is 0.474. The molecule has 4 rings (SSSR count). The van der Waals surface area contributed by atoms with Crippen LogP contribution in [0.25, 0.3) is 12.2 Å². The van der Waals surface area contributed by atoms with Crippen LogP contribution in [0.1, 0.15) is 33.3 Å². The molecule has 0 fully saturated rings. The third-order valence-electron chi connectivity index (χ3n) is 5.20. The molecule has 2 aliphatic rings. The maximum atomic E-state index is 2.54. The second-order valence-electron chi connectivity index (χ2n) is 6.75. The van der Waals surface area contributed by atoms with Gasteiger partial charge in [-0.05, 0) is 33.3 Å². The van der Waals surface area contributed by atoms with E-state index in [0.717, 1.165) is 0 Å². The minimum Gasteiger partial charge on any atom is -0.147 e. The molecule has 2 aromatic carbocycles. The maximum Gasteiger partial charge on any atom is 0.0715 e. The number of rotatable bonds is 2. The Balaban J connectivity index is 0.000000960. The van der Waals surface area contributed by atoms with Crippen LogP contribution in [0.15, 0.2) is 60.7 Å². The summed E-state index contributed by atoms with van der Waals surface area (Å²) in [6, 6.07) is 17.8. The van der Waals surface area contributed by atoms with Crippen molar-refractivity contribution >= 4 is 45.0 Å². The van der Waals surface area contributed by atoms with Crippen molar-refractivity contribution in [2.45, 2.75) is 24.2 Å². The number of fused-ring (bicyclic) bond motifs is 2. The molecular formula is C20H22Cl2SiZr. The van der Waals surface area contributed by atoms with Gasteiger partial charge in [0, 0.05) is 26.2 Å². The number of hydrogen-bond acceptors (Lipinski definition) is 0. The average molecular weight is 453 g/mol. The number of allylic oxidation sites excluding steroid dienone is 2. The van der Waals surface area contributed by atoms with Gasteiger partial charge < -0.3 is 0 Å². The summed E-state index contributed by atoms with van der Waals surface area (Å²) < 4.78 is 0. The topological polar surface area (TPSA) is 0 Å². The molecule has 0 heterocycles. The van der Waals surface area contributed by atoms with Gasteiger partial charge in [0.2, 0.25) is 0 Å². The van der Waals surface area contributed by atoms with E-state index in [2.05, 4.69) is 85.9 Å². The summed E-state index contributed by atoms with van der Waals surface area (Å²) in [7, 11) is -1.51. The Morgan fingerprint density at radius 2 is 1.04 bits per heavy atom. The fourth-order valence-electron chi connectivity index (χ4n) is 3.99. The van der Waals surface area contributed by atoms with E-state index in [4.69, 9.17) is 0 Å². The molecule has 2 aromatic rings. The smallest absolute Gasteiger partial charge is 0.0715 e. The van der Waals surface area contributed by atoms with Gasteiger partial charge in [-0.25, -0.2) is 0 Å². The molecule has 2 aliphatic carbocycles. The van der Waals surface area contributed by atoms with Crippen molar-refractivity contribution < 1.29 is 26.2 Å². The molecule has 0 saturated carbocycles. The van der Waals surface area contributed by atoms with Crippen LogP contribution in [0.5, 0.6) is 0 Å². The predicted molar refractivity (Wildman–Crippen MR) is 108 cm³/mol. The monoisotopic (exact) mass is 450 g/mol. The second kappa shape index (κ2) is 8.32. The molecule has 4 heteroatoms. The third kappa shape index (κ3) is 3.44. The summed E-state index contributed by atoms with van der Waals surface area (Å²) in [6.45, 7) is 5.09. The van der Waals surface area contributed by atoms with Crippen molar-refractivity contribution in [2.24, 2.45) is 0 Å². The van der Waals surface area contributed by atoms with E-state index in [0.29, 0.717) is 11.1 Å². The molecule has 0 aliphatic heterocycles. The number of halogens is 2. The van der Waals surface area contributed by atoms with E-state index in [1.54, 1.807) is 0 Å². The normalized spacial score (nSPS) is 19.6. The van der Waals surface area contributed by atoms with Crippen LogP contribution in [0.2, 0.25) is 13.1 Å². The van der Waals surface area contributed by atoms with Gasteiger partial charge in [-0.3, -0.25) is 0 Å². The first kappa shape index (κ1) is 21.6. The van der Waals surface area contributed by atoms with Crippen molar-refractivity contribution in [2.75, 3.05) is 0 Å². The fourth-order valence-corrected chi connectivity index (χ4v) is 7.69. The van der Waals surface area contributed by atoms with Crippen molar-refractivity contribution in [3.8, 4) is 0 Å². The first-order valence-electron chi connectivity index (χ1n) is 7.72. The summed E-state index contributed by atoms with van der Waals surface area (Å²) in [4.78, 5) is 0. The summed E-state index contributed by atoms with van der Waals surface area (Å²) in [5, 5.41) is 0. The second-order valence-corrected chi connectivity index (χ2v) is 11.6. The van der Waals surface area contributed by atoms with Crippen molar-refractivity contribution in [1.82, 2.24) is 0 Å². The molecule has 0 saturated heterocycles. The van der Waals surface area contributed by atoms with Crippen molar-refractivity contribution in [3.63, 3.8) is 0 Å². The van der Waals surface area contributed by atoms with Gasteiger partial charge in [0.05, 0.1) is 8.07 Å². The third-order valence-corrected chi connectivity index (χ3v) is 9.41. The van der Waals surface area contributed by atoms with Gasteiger partial charge in [0.15, 0.2) is 0 Å². The zero-order chi connectivity index (χ0) is 14.4. The first-order valence-corrected chi connectivity index (χ1v) is 10.9. The molecule has 2 atom stereocenters. The van der Waals surface area contributed by atoms with Gasteiger partial charge in [0.1, 0.15) is 0 Å². The Bertz CT molecular complexity index is 704. The van der Waals surface area contributed by atoms with Gasteiger partial charge in [-0.15, -0.1) is 24.8 Å². The SMILES string of the molecule is C[Si](C)(C1C=Cc2ccccc21)C1C=Cc2ccccc21.Cl.Cl.[Zr]. The summed E-state index contributed by atoms with van der Waals surface area (Å²) in [6.07, 6.45) is 9.54. The Hall–Kier alpha value is -0.400. The number of hydrogen-bond donors (Lipinski definition) is 0. The molecule has 0 amide bonds. The molecule has 0 aromatic heterocycles. The molecule has 2 unspecified atom stereocenters. The van der Waals surface area contributed by atoms with Crippen LogP contribution in [-0.4, -0.2) is 8.07 Å². The van der Waals surface area contributed by atoms with Crippen molar-refractivity contribution in [3.05, 3.63) is 82.9 Å². The Morgan fingerprint density at radius 1 is 0.667 bits per heavy atom. The van der Waals surface area contributed by atoms with Crippen LogP contribution in [0.4, 0.5) is 0 Å². The van der Waals surface area contributed by atoms with E-state index in [1.165, 1.54) is 22.3 Å². The Labute approximate surface area is 177 Å². The van der Waals surface area contributed by atoms with E-state index < -0.39 is 8.07 Å². The largest absolute Gasteiger partial charge is 0.147 e. The molecule has 0 N–H and O–H groups in total. The van der Waals surface area contributed by atoms with Crippen LogP contribution >= 0.6 is 24.8 Å². The first-order chi connectivity index (χ1) is 10.2. The van der Waals surface area contributed by atoms with E-state index >= 15 is 0 Å². The minimum atomic E-state index is -1.51. The Morgan fingerprint density at radius 3 is 1.46 bits per heavy atom. The number of benzene rings is 2. The molecule has 24 heavy (non-hydrogen) atoms. The molecule has 0 bridgehead atoms. The summed E-state index contributed by atoms with van der Waals surface area (Å²) in [5.74, 6) is 0. The van der Waals surface area contributed by atoms with Crippen LogP contribution in [0.3, 0.4) is 0 Å². The van der Waals surface area contributed by atoms with Crippen molar-refractivity contribution in [1.29, 1.82) is 0 Å². The van der Waals surface area contributed by atoms with E-state index in [-0.39, 0.29) is 51.0 Å². The zero-order valence-electron chi connectivity index (χ0n) is 13.9. The Kier molecular flexibility index (Phi) is 7.50.